The van der Waals surface area contributed by atoms with Gasteiger partial charge in [-0.15, -0.1) is 0 Å². The maximum Gasteiger partial charge on any atom is 0.0701 e. The molecule has 86 valence electrons. The van der Waals surface area contributed by atoms with Gasteiger partial charge in [-0.25, -0.2) is 11.0 Å². The smallest absolute Gasteiger partial charge is 0.0701 e. The first-order valence-corrected chi connectivity index (χ1v) is 4.59. The lowest BCUT2D eigenvalue weighted by Crippen LogP contribution is -2.21. The number of nitrogens with one attached hydrogen (secondary N) is 2. The second-order valence-electron chi connectivity index (χ2n) is 2.42. The van der Waals surface area contributed by atoms with E-state index in [4.69, 9.17) is 9.47 Å². The van der Waals surface area contributed by atoms with Crippen LogP contribution in [0.15, 0.2) is 0 Å². The molecule has 0 bridgehead atoms. The van der Waals surface area contributed by atoms with Crippen LogP contribution in [0, 0.1) is 0 Å². The third kappa shape index (κ3) is 11.8. The third-order valence-corrected chi connectivity index (χ3v) is 1.36. The Balaban J connectivity index is 2.78. The number of hydrogen-bond donors (Lipinski definition) is 2. The predicted octanol–water partition coefficient (Wildman–Crippen LogP) is -0.678. The highest BCUT2D eigenvalue weighted by atomic mass is 16.6. The van der Waals surface area contributed by atoms with Gasteiger partial charge in [0.15, 0.2) is 0 Å². The van der Waals surface area contributed by atoms with Crippen LogP contribution in [0.4, 0.5) is 0 Å². The van der Waals surface area contributed by atoms with Crippen LogP contribution in [0.5, 0.6) is 0 Å². The van der Waals surface area contributed by atoms with Crippen molar-refractivity contribution in [2.24, 2.45) is 0 Å². The molecule has 0 amide bonds. The van der Waals surface area contributed by atoms with Gasteiger partial charge in [-0.05, 0) is 0 Å². The molecule has 0 atom stereocenters. The third-order valence-electron chi connectivity index (χ3n) is 1.36. The van der Waals surface area contributed by atoms with Gasteiger partial charge in [-0.2, -0.15) is 0 Å². The standard InChI is InChI=1S/C8H20N2O4/c1-11-9-3-5-13-7-8-14-6-4-10-12-2/h9-10H,3-8H2,1-2H3. The molecule has 0 aliphatic carbocycles. The van der Waals surface area contributed by atoms with Crippen molar-refractivity contribution >= 4 is 0 Å². The monoisotopic (exact) mass is 208 g/mol. The van der Waals surface area contributed by atoms with Crippen LogP contribution >= 0.6 is 0 Å². The molecule has 0 aromatic rings. The van der Waals surface area contributed by atoms with E-state index in [1.54, 1.807) is 14.2 Å². The SMILES string of the molecule is CONCCOCCOCCNOC. The molecule has 0 radical (unpaired) electrons. The molecule has 0 fully saturated rings. The van der Waals surface area contributed by atoms with E-state index in [-0.39, 0.29) is 0 Å². The summed E-state index contributed by atoms with van der Waals surface area (Å²) in [4.78, 5) is 9.26. The minimum atomic E-state index is 0.596. The van der Waals surface area contributed by atoms with Gasteiger partial charge in [0.2, 0.25) is 0 Å². The van der Waals surface area contributed by atoms with E-state index >= 15 is 0 Å². The molecule has 0 saturated heterocycles. The fourth-order valence-corrected chi connectivity index (χ4v) is 0.754. The minimum Gasteiger partial charge on any atom is -0.378 e. The second-order valence-corrected chi connectivity index (χ2v) is 2.42. The summed E-state index contributed by atoms with van der Waals surface area (Å²) in [5.74, 6) is 0. The molecule has 14 heavy (non-hydrogen) atoms. The van der Waals surface area contributed by atoms with Crippen LogP contribution in [-0.2, 0) is 19.1 Å². The summed E-state index contributed by atoms with van der Waals surface area (Å²) in [6.07, 6.45) is 0. The molecule has 0 aromatic heterocycles. The maximum atomic E-state index is 5.22. The number of hydrogen-bond acceptors (Lipinski definition) is 6. The summed E-state index contributed by atoms with van der Waals surface area (Å²) in [5, 5.41) is 0. The Bertz CT molecular complexity index is 93.3. The molecule has 0 unspecified atom stereocenters. The highest BCUT2D eigenvalue weighted by Gasteiger charge is 1.89. The van der Waals surface area contributed by atoms with Gasteiger partial charge in [0, 0.05) is 13.1 Å². The summed E-state index contributed by atoms with van der Waals surface area (Å²) in [6.45, 7) is 3.79. The highest BCUT2D eigenvalue weighted by Crippen LogP contribution is 1.77. The van der Waals surface area contributed by atoms with Gasteiger partial charge in [0.25, 0.3) is 0 Å². The average Bonchev–Trinajstić information content (AvgIpc) is 2.21. The maximum absolute atomic E-state index is 5.22. The lowest BCUT2D eigenvalue weighted by atomic mass is 10.7. The zero-order chi connectivity index (χ0) is 10.5. The Labute approximate surface area is 84.8 Å². The minimum absolute atomic E-state index is 0.596. The Morgan fingerprint density at radius 2 is 1.14 bits per heavy atom. The van der Waals surface area contributed by atoms with Crippen LogP contribution in [0.1, 0.15) is 0 Å². The van der Waals surface area contributed by atoms with E-state index in [1.165, 1.54) is 0 Å². The van der Waals surface area contributed by atoms with Crippen molar-refractivity contribution in [3.63, 3.8) is 0 Å². The summed E-state index contributed by atoms with van der Waals surface area (Å²) >= 11 is 0. The van der Waals surface area contributed by atoms with E-state index in [0.717, 1.165) is 0 Å². The summed E-state index contributed by atoms with van der Waals surface area (Å²) < 4.78 is 10.4. The molecule has 0 spiro atoms. The molecule has 2 N–H and O–H groups in total. The van der Waals surface area contributed by atoms with Gasteiger partial charge in [0.1, 0.15) is 0 Å². The van der Waals surface area contributed by atoms with Gasteiger partial charge in [-0.3, -0.25) is 0 Å². The molecule has 0 saturated carbocycles. The van der Waals surface area contributed by atoms with E-state index in [1.807, 2.05) is 0 Å². The van der Waals surface area contributed by atoms with Crippen LogP contribution in [0.3, 0.4) is 0 Å². The zero-order valence-corrected chi connectivity index (χ0v) is 8.88. The van der Waals surface area contributed by atoms with Crippen molar-refractivity contribution in [2.75, 3.05) is 53.7 Å². The Kier molecular flexibility index (Phi) is 12.5. The summed E-state index contributed by atoms with van der Waals surface area (Å²) in [5.41, 5.74) is 5.35. The van der Waals surface area contributed by atoms with Crippen molar-refractivity contribution < 1.29 is 19.1 Å². The van der Waals surface area contributed by atoms with E-state index in [2.05, 4.69) is 20.6 Å². The highest BCUT2D eigenvalue weighted by molar-refractivity contribution is 4.36. The van der Waals surface area contributed by atoms with Crippen LogP contribution in [0.25, 0.3) is 0 Å². The van der Waals surface area contributed by atoms with Gasteiger partial charge in [-0.1, -0.05) is 0 Å². The van der Waals surface area contributed by atoms with Crippen molar-refractivity contribution in [3.05, 3.63) is 0 Å². The Morgan fingerprint density at radius 1 is 0.714 bits per heavy atom. The predicted molar refractivity (Wildman–Crippen MR) is 51.7 cm³/mol. The largest absolute Gasteiger partial charge is 0.378 e. The van der Waals surface area contributed by atoms with E-state index in [9.17, 15) is 0 Å². The summed E-state index contributed by atoms with van der Waals surface area (Å²) in [7, 11) is 3.15. The Hall–Kier alpha value is -0.240. The lowest BCUT2D eigenvalue weighted by Gasteiger charge is -2.06. The van der Waals surface area contributed by atoms with Gasteiger partial charge >= 0.3 is 0 Å². The second kappa shape index (κ2) is 12.8. The van der Waals surface area contributed by atoms with E-state index < -0.39 is 0 Å². The molecular formula is C8H20N2O4. The van der Waals surface area contributed by atoms with Crippen molar-refractivity contribution in [3.8, 4) is 0 Å². The summed E-state index contributed by atoms with van der Waals surface area (Å²) in [6, 6.07) is 0. The van der Waals surface area contributed by atoms with E-state index in [0.29, 0.717) is 39.5 Å². The number of ether oxygens (including phenoxy) is 2. The lowest BCUT2D eigenvalue weighted by molar-refractivity contribution is 0.0151. The topological polar surface area (TPSA) is 61.0 Å². The molecular weight excluding hydrogens is 188 g/mol. The molecule has 0 heterocycles. The van der Waals surface area contributed by atoms with Crippen LogP contribution in [-0.4, -0.2) is 53.7 Å². The fraction of sp³-hybridized carbons (Fsp3) is 1.00. The van der Waals surface area contributed by atoms with Crippen molar-refractivity contribution in [1.29, 1.82) is 0 Å². The van der Waals surface area contributed by atoms with Gasteiger partial charge < -0.3 is 19.1 Å². The normalized spacial score (nSPS) is 10.7. The molecule has 0 aliphatic heterocycles. The average molecular weight is 208 g/mol. The van der Waals surface area contributed by atoms with Gasteiger partial charge in [0.05, 0.1) is 40.6 Å². The first-order chi connectivity index (χ1) is 6.91. The molecule has 0 aliphatic rings. The van der Waals surface area contributed by atoms with Crippen molar-refractivity contribution in [2.45, 2.75) is 0 Å². The molecule has 6 heteroatoms. The first-order valence-electron chi connectivity index (χ1n) is 4.59. The number of hydroxylamine groups is 2. The first kappa shape index (κ1) is 13.8. The molecule has 0 rings (SSSR count). The molecule has 0 aromatic carbocycles. The molecule has 6 nitrogen and oxygen atoms in total. The van der Waals surface area contributed by atoms with Crippen molar-refractivity contribution in [1.82, 2.24) is 11.0 Å². The number of rotatable bonds is 11. The zero-order valence-electron chi connectivity index (χ0n) is 8.88. The van der Waals surface area contributed by atoms with Crippen LogP contribution in [0.2, 0.25) is 0 Å². The van der Waals surface area contributed by atoms with Crippen LogP contribution < -0.4 is 11.0 Å². The fourth-order valence-electron chi connectivity index (χ4n) is 0.754. The Morgan fingerprint density at radius 3 is 1.50 bits per heavy atom. The quantitative estimate of drug-likeness (QED) is 0.346.